The van der Waals surface area contributed by atoms with Crippen molar-refractivity contribution in [2.24, 2.45) is 0 Å². The third-order valence-electron chi connectivity index (χ3n) is 4.47. The van der Waals surface area contributed by atoms with Crippen molar-refractivity contribution in [1.29, 1.82) is 0 Å². The predicted octanol–water partition coefficient (Wildman–Crippen LogP) is 4.37. The van der Waals surface area contributed by atoms with Crippen LogP contribution in [0, 0.1) is 17.5 Å². The van der Waals surface area contributed by atoms with Crippen LogP contribution >= 0.6 is 11.6 Å². The first-order valence-electron chi connectivity index (χ1n) is 8.72. The lowest BCUT2D eigenvalue weighted by Gasteiger charge is -2.07. The predicted molar refractivity (Wildman–Crippen MR) is 105 cm³/mol. The van der Waals surface area contributed by atoms with Gasteiger partial charge in [-0.05, 0) is 41.9 Å². The van der Waals surface area contributed by atoms with Crippen LogP contribution in [-0.4, -0.2) is 29.5 Å². The molecule has 0 atom stereocenters. The standard InChI is InChI=1S/C19H11ClF3N7/c20-19-28-17(24-7-13-26-12-5-4-11(22)14(23)15(12)27-13)16-18(29-19)30(8-25-16)10-3-1-2-9(21)6-10/h1-6,8H,7H2,(H,26,27)(H,24,28,29). The van der Waals surface area contributed by atoms with Crippen LogP contribution in [0.2, 0.25) is 5.28 Å². The van der Waals surface area contributed by atoms with Gasteiger partial charge in [-0.2, -0.15) is 9.97 Å². The van der Waals surface area contributed by atoms with Crippen LogP contribution in [-0.2, 0) is 6.54 Å². The molecule has 0 unspecified atom stereocenters. The van der Waals surface area contributed by atoms with E-state index in [2.05, 4.69) is 30.2 Å². The molecule has 2 aromatic carbocycles. The second-order valence-electron chi connectivity index (χ2n) is 6.40. The largest absolute Gasteiger partial charge is 0.361 e. The van der Waals surface area contributed by atoms with E-state index in [-0.39, 0.29) is 17.3 Å². The summed E-state index contributed by atoms with van der Waals surface area (Å²) in [5.41, 5.74) is 1.57. The first-order valence-corrected chi connectivity index (χ1v) is 9.10. The molecule has 7 nitrogen and oxygen atoms in total. The zero-order valence-electron chi connectivity index (χ0n) is 15.0. The van der Waals surface area contributed by atoms with Crippen LogP contribution in [0.25, 0.3) is 27.9 Å². The molecule has 0 radical (unpaired) electrons. The Morgan fingerprint density at radius 3 is 2.73 bits per heavy atom. The van der Waals surface area contributed by atoms with Crippen molar-refractivity contribution < 1.29 is 13.2 Å². The SMILES string of the molecule is Fc1cccc(-n2cnc3c(NCc4nc5c(F)c(F)ccc5[nH]4)nc(Cl)nc32)c1. The fraction of sp³-hybridized carbons (Fsp3) is 0.0526. The molecule has 0 bridgehead atoms. The molecule has 5 aromatic rings. The quantitative estimate of drug-likeness (QED) is 0.414. The van der Waals surface area contributed by atoms with E-state index in [4.69, 9.17) is 11.6 Å². The van der Waals surface area contributed by atoms with Crippen molar-refractivity contribution in [3.63, 3.8) is 0 Å². The van der Waals surface area contributed by atoms with Gasteiger partial charge in [0.2, 0.25) is 5.28 Å². The van der Waals surface area contributed by atoms with E-state index < -0.39 is 17.5 Å². The summed E-state index contributed by atoms with van der Waals surface area (Å²) < 4.78 is 42.4. The number of H-pyrrole nitrogens is 1. The second kappa shape index (κ2) is 6.99. The van der Waals surface area contributed by atoms with Gasteiger partial charge >= 0.3 is 0 Å². The zero-order chi connectivity index (χ0) is 20.8. The molecule has 11 heteroatoms. The topological polar surface area (TPSA) is 84.3 Å². The third-order valence-corrected chi connectivity index (χ3v) is 4.64. The highest BCUT2D eigenvalue weighted by Gasteiger charge is 2.16. The maximum Gasteiger partial charge on any atom is 0.226 e. The Kier molecular flexibility index (Phi) is 4.28. The third kappa shape index (κ3) is 3.11. The Labute approximate surface area is 171 Å². The van der Waals surface area contributed by atoms with Crippen molar-refractivity contribution in [3.05, 3.63) is 71.3 Å². The average Bonchev–Trinajstić information content (AvgIpc) is 3.33. The first-order chi connectivity index (χ1) is 14.5. The van der Waals surface area contributed by atoms with E-state index in [1.165, 1.54) is 24.5 Å². The molecular weight excluding hydrogens is 419 g/mol. The lowest BCUT2D eigenvalue weighted by molar-refractivity contribution is 0.515. The molecule has 3 heterocycles. The van der Waals surface area contributed by atoms with E-state index >= 15 is 0 Å². The Bertz CT molecular complexity index is 1410. The number of hydrogen-bond acceptors (Lipinski definition) is 5. The highest BCUT2D eigenvalue weighted by atomic mass is 35.5. The number of benzene rings is 2. The van der Waals surface area contributed by atoms with E-state index in [0.717, 1.165) is 6.07 Å². The minimum atomic E-state index is -1.02. The molecule has 2 N–H and O–H groups in total. The monoisotopic (exact) mass is 429 g/mol. The minimum absolute atomic E-state index is 0.0409. The number of aromatic amines is 1. The van der Waals surface area contributed by atoms with Crippen molar-refractivity contribution in [2.45, 2.75) is 6.54 Å². The number of aromatic nitrogens is 6. The van der Waals surface area contributed by atoms with Crippen molar-refractivity contribution in [3.8, 4) is 5.69 Å². The number of hydrogen-bond donors (Lipinski definition) is 2. The van der Waals surface area contributed by atoms with Crippen LogP contribution in [0.4, 0.5) is 19.0 Å². The van der Waals surface area contributed by atoms with Gasteiger partial charge in [-0.25, -0.2) is 23.1 Å². The number of fused-ring (bicyclic) bond motifs is 2. The maximum absolute atomic E-state index is 13.9. The van der Waals surface area contributed by atoms with Gasteiger partial charge in [-0.3, -0.25) is 4.57 Å². The number of halogens is 4. The fourth-order valence-corrected chi connectivity index (χ4v) is 3.30. The van der Waals surface area contributed by atoms with Crippen LogP contribution < -0.4 is 5.32 Å². The van der Waals surface area contributed by atoms with Crippen LogP contribution in [0.15, 0.2) is 42.7 Å². The number of imidazole rings is 2. The Morgan fingerprint density at radius 1 is 1.03 bits per heavy atom. The van der Waals surface area contributed by atoms with E-state index in [9.17, 15) is 13.2 Å². The fourth-order valence-electron chi connectivity index (χ4n) is 3.13. The molecule has 150 valence electrons. The summed E-state index contributed by atoms with van der Waals surface area (Å²) in [6.07, 6.45) is 1.48. The molecule has 0 aliphatic rings. The van der Waals surface area contributed by atoms with Crippen molar-refractivity contribution >= 4 is 39.6 Å². The minimum Gasteiger partial charge on any atom is -0.361 e. The molecule has 0 aliphatic heterocycles. The van der Waals surface area contributed by atoms with Gasteiger partial charge < -0.3 is 10.3 Å². The van der Waals surface area contributed by atoms with Crippen LogP contribution in [0.3, 0.4) is 0 Å². The van der Waals surface area contributed by atoms with Gasteiger partial charge in [0.25, 0.3) is 0 Å². The number of nitrogens with one attached hydrogen (secondary N) is 2. The number of anilines is 1. The molecular formula is C19H11ClF3N7. The van der Waals surface area contributed by atoms with Crippen molar-refractivity contribution in [2.75, 3.05) is 5.32 Å². The summed E-state index contributed by atoms with van der Waals surface area (Å²) in [5.74, 6) is -1.72. The Hall–Kier alpha value is -3.66. The molecule has 0 saturated heterocycles. The summed E-state index contributed by atoms with van der Waals surface area (Å²) in [7, 11) is 0. The van der Waals surface area contributed by atoms with Gasteiger partial charge in [0.1, 0.15) is 23.5 Å². The van der Waals surface area contributed by atoms with Crippen molar-refractivity contribution in [1.82, 2.24) is 29.5 Å². The molecule has 0 amide bonds. The maximum atomic E-state index is 13.9. The van der Waals surface area contributed by atoms with Crippen LogP contribution in [0.1, 0.15) is 5.82 Å². The summed E-state index contributed by atoms with van der Waals surface area (Å²) in [4.78, 5) is 19.6. The molecule has 0 saturated carbocycles. The van der Waals surface area contributed by atoms with Gasteiger partial charge in [-0.15, -0.1) is 0 Å². The highest BCUT2D eigenvalue weighted by molar-refractivity contribution is 6.28. The van der Waals surface area contributed by atoms with Gasteiger partial charge in [-0.1, -0.05) is 6.07 Å². The number of rotatable bonds is 4. The molecule has 3 aromatic heterocycles. The summed E-state index contributed by atoms with van der Waals surface area (Å²) in [6, 6.07) is 8.38. The summed E-state index contributed by atoms with van der Waals surface area (Å²) >= 11 is 6.06. The molecule has 0 fully saturated rings. The number of nitrogens with zero attached hydrogens (tertiary/aromatic N) is 5. The smallest absolute Gasteiger partial charge is 0.226 e. The highest BCUT2D eigenvalue weighted by Crippen LogP contribution is 2.25. The van der Waals surface area contributed by atoms with Gasteiger partial charge in [0.15, 0.2) is 28.6 Å². The van der Waals surface area contributed by atoms with E-state index in [1.54, 1.807) is 16.7 Å². The normalized spacial score (nSPS) is 11.5. The zero-order valence-corrected chi connectivity index (χ0v) is 15.8. The second-order valence-corrected chi connectivity index (χ2v) is 6.74. The Balaban J connectivity index is 1.50. The average molecular weight is 430 g/mol. The molecule has 30 heavy (non-hydrogen) atoms. The van der Waals surface area contributed by atoms with Gasteiger partial charge in [0, 0.05) is 0 Å². The molecule has 0 spiro atoms. The molecule has 0 aliphatic carbocycles. The lowest BCUT2D eigenvalue weighted by atomic mass is 10.3. The first kappa shape index (κ1) is 18.4. The Morgan fingerprint density at radius 2 is 1.90 bits per heavy atom. The molecule has 5 rings (SSSR count). The van der Waals surface area contributed by atoms with E-state index in [1.807, 2.05) is 0 Å². The summed E-state index contributed by atoms with van der Waals surface area (Å²) in [6.45, 7) is 0.116. The summed E-state index contributed by atoms with van der Waals surface area (Å²) in [5, 5.41) is 2.98. The van der Waals surface area contributed by atoms with Gasteiger partial charge in [0.05, 0.1) is 17.7 Å². The van der Waals surface area contributed by atoms with E-state index in [0.29, 0.717) is 34.0 Å². The lowest BCUT2D eigenvalue weighted by Crippen LogP contribution is -2.05. The van der Waals surface area contributed by atoms with Crippen LogP contribution in [0.5, 0.6) is 0 Å².